The molecule has 0 aliphatic rings. The SMILES string of the molecule is COCC(C)Nc1ncnc2c1cnn2-c1ccc(C)cc1C. The molecule has 23 heavy (non-hydrogen) atoms. The first-order valence-electron chi connectivity index (χ1n) is 7.62. The number of ether oxygens (including phenoxy) is 1. The molecule has 0 radical (unpaired) electrons. The van der Waals surface area contributed by atoms with E-state index >= 15 is 0 Å². The summed E-state index contributed by atoms with van der Waals surface area (Å²) in [6.07, 6.45) is 3.36. The van der Waals surface area contributed by atoms with Gasteiger partial charge in [-0.25, -0.2) is 14.6 Å². The molecule has 0 aliphatic heterocycles. The monoisotopic (exact) mass is 311 g/mol. The van der Waals surface area contributed by atoms with Gasteiger partial charge in [0.25, 0.3) is 0 Å². The van der Waals surface area contributed by atoms with Crippen molar-refractivity contribution < 1.29 is 4.74 Å². The number of nitrogens with one attached hydrogen (secondary N) is 1. The number of nitrogens with zero attached hydrogens (tertiary/aromatic N) is 4. The average molecular weight is 311 g/mol. The summed E-state index contributed by atoms with van der Waals surface area (Å²) in [5.74, 6) is 0.774. The van der Waals surface area contributed by atoms with Crippen LogP contribution in [0.15, 0.2) is 30.7 Å². The first-order chi connectivity index (χ1) is 11.1. The third-order valence-electron chi connectivity index (χ3n) is 3.75. The molecular formula is C17H21N5O. The molecule has 1 aromatic carbocycles. The zero-order valence-electron chi connectivity index (χ0n) is 13.9. The summed E-state index contributed by atoms with van der Waals surface area (Å²) in [6.45, 7) is 6.82. The zero-order valence-corrected chi connectivity index (χ0v) is 13.9. The lowest BCUT2D eigenvalue weighted by Crippen LogP contribution is -2.21. The first kappa shape index (κ1) is 15.4. The number of rotatable bonds is 5. The second-order valence-electron chi connectivity index (χ2n) is 5.81. The van der Waals surface area contributed by atoms with Crippen LogP contribution in [0.25, 0.3) is 16.7 Å². The molecule has 6 nitrogen and oxygen atoms in total. The topological polar surface area (TPSA) is 64.9 Å². The predicted octanol–water partition coefficient (Wildman–Crippen LogP) is 2.88. The molecule has 0 saturated carbocycles. The molecule has 0 aliphatic carbocycles. The second-order valence-corrected chi connectivity index (χ2v) is 5.81. The Hall–Kier alpha value is -2.47. The summed E-state index contributed by atoms with van der Waals surface area (Å²) in [5, 5.41) is 8.76. The summed E-state index contributed by atoms with van der Waals surface area (Å²) in [6, 6.07) is 6.45. The van der Waals surface area contributed by atoms with E-state index in [1.807, 2.05) is 11.6 Å². The van der Waals surface area contributed by atoms with Crippen molar-refractivity contribution >= 4 is 16.9 Å². The number of anilines is 1. The van der Waals surface area contributed by atoms with Crippen molar-refractivity contribution in [2.45, 2.75) is 26.8 Å². The summed E-state index contributed by atoms with van der Waals surface area (Å²) in [4.78, 5) is 8.75. The van der Waals surface area contributed by atoms with Crippen LogP contribution in [0, 0.1) is 13.8 Å². The number of hydrogen-bond donors (Lipinski definition) is 1. The molecule has 2 heterocycles. The molecule has 2 aromatic heterocycles. The Morgan fingerprint density at radius 2 is 2.09 bits per heavy atom. The fourth-order valence-electron chi connectivity index (χ4n) is 2.70. The van der Waals surface area contributed by atoms with Crippen molar-refractivity contribution in [3.8, 4) is 5.69 Å². The van der Waals surface area contributed by atoms with Crippen molar-refractivity contribution in [3.63, 3.8) is 0 Å². The van der Waals surface area contributed by atoms with E-state index in [1.54, 1.807) is 19.6 Å². The van der Waals surface area contributed by atoms with Gasteiger partial charge in [0.05, 0.1) is 23.9 Å². The Kier molecular flexibility index (Phi) is 4.25. The van der Waals surface area contributed by atoms with Crippen molar-refractivity contribution in [2.24, 2.45) is 0 Å². The molecule has 1 atom stereocenters. The first-order valence-corrected chi connectivity index (χ1v) is 7.62. The van der Waals surface area contributed by atoms with Crippen LogP contribution in [-0.4, -0.2) is 39.5 Å². The van der Waals surface area contributed by atoms with E-state index < -0.39 is 0 Å². The third kappa shape index (κ3) is 3.03. The Labute approximate surface area is 135 Å². The summed E-state index contributed by atoms with van der Waals surface area (Å²) in [5.41, 5.74) is 4.21. The molecular weight excluding hydrogens is 290 g/mol. The summed E-state index contributed by atoms with van der Waals surface area (Å²) >= 11 is 0. The van der Waals surface area contributed by atoms with Crippen LogP contribution in [0.5, 0.6) is 0 Å². The van der Waals surface area contributed by atoms with Gasteiger partial charge in [-0.3, -0.25) is 0 Å². The normalized spacial score (nSPS) is 12.5. The van der Waals surface area contributed by atoms with Crippen LogP contribution in [-0.2, 0) is 4.74 Å². The quantitative estimate of drug-likeness (QED) is 0.785. The van der Waals surface area contributed by atoms with Gasteiger partial charge in [-0.1, -0.05) is 17.7 Å². The molecule has 1 unspecified atom stereocenters. The number of hydrogen-bond acceptors (Lipinski definition) is 5. The number of fused-ring (bicyclic) bond motifs is 1. The van der Waals surface area contributed by atoms with Gasteiger partial charge in [-0.2, -0.15) is 5.10 Å². The minimum absolute atomic E-state index is 0.155. The second kappa shape index (κ2) is 6.34. The maximum atomic E-state index is 5.16. The molecule has 0 fully saturated rings. The van der Waals surface area contributed by atoms with Crippen LogP contribution in [0.3, 0.4) is 0 Å². The molecule has 1 N–H and O–H groups in total. The number of benzene rings is 1. The van der Waals surface area contributed by atoms with Gasteiger partial charge in [0.15, 0.2) is 5.65 Å². The summed E-state index contributed by atoms with van der Waals surface area (Å²) < 4.78 is 7.02. The van der Waals surface area contributed by atoms with E-state index in [2.05, 4.69) is 52.4 Å². The summed E-state index contributed by atoms with van der Waals surface area (Å²) in [7, 11) is 1.69. The minimum atomic E-state index is 0.155. The van der Waals surface area contributed by atoms with Crippen LogP contribution in [0.2, 0.25) is 0 Å². The Bertz CT molecular complexity index is 827. The van der Waals surface area contributed by atoms with Gasteiger partial charge in [0.1, 0.15) is 12.1 Å². The molecule has 3 aromatic rings. The average Bonchev–Trinajstić information content (AvgIpc) is 2.92. The molecule has 0 spiro atoms. The van der Waals surface area contributed by atoms with Crippen LogP contribution < -0.4 is 5.32 Å². The van der Waals surface area contributed by atoms with Gasteiger partial charge < -0.3 is 10.1 Å². The number of aryl methyl sites for hydroxylation is 2. The predicted molar refractivity (Wildman–Crippen MR) is 91.1 cm³/mol. The van der Waals surface area contributed by atoms with Gasteiger partial charge in [-0.05, 0) is 32.4 Å². The van der Waals surface area contributed by atoms with Crippen molar-refractivity contribution in [2.75, 3.05) is 19.0 Å². The van der Waals surface area contributed by atoms with E-state index in [4.69, 9.17) is 4.74 Å². The Morgan fingerprint density at radius 1 is 1.26 bits per heavy atom. The molecule has 3 rings (SSSR count). The third-order valence-corrected chi connectivity index (χ3v) is 3.75. The van der Waals surface area contributed by atoms with E-state index in [0.717, 1.165) is 28.1 Å². The van der Waals surface area contributed by atoms with E-state index in [-0.39, 0.29) is 6.04 Å². The van der Waals surface area contributed by atoms with Crippen molar-refractivity contribution in [1.29, 1.82) is 0 Å². The maximum absolute atomic E-state index is 5.16. The lowest BCUT2D eigenvalue weighted by atomic mass is 10.1. The fraction of sp³-hybridized carbons (Fsp3) is 0.353. The molecule has 0 amide bonds. The van der Waals surface area contributed by atoms with Gasteiger partial charge in [0.2, 0.25) is 0 Å². The lowest BCUT2D eigenvalue weighted by Gasteiger charge is -2.13. The molecule has 120 valence electrons. The highest BCUT2D eigenvalue weighted by Crippen LogP contribution is 2.24. The largest absolute Gasteiger partial charge is 0.383 e. The van der Waals surface area contributed by atoms with Crippen molar-refractivity contribution in [3.05, 3.63) is 41.9 Å². The van der Waals surface area contributed by atoms with Gasteiger partial charge in [0, 0.05) is 13.2 Å². The smallest absolute Gasteiger partial charge is 0.168 e. The Balaban J connectivity index is 2.04. The minimum Gasteiger partial charge on any atom is -0.383 e. The standard InChI is InChI=1S/C17H21N5O/c1-11-5-6-15(12(2)7-11)22-17-14(8-20-22)16(18-10-19-17)21-13(3)9-23-4/h5-8,10,13H,9H2,1-4H3,(H,18,19,21). The fourth-order valence-corrected chi connectivity index (χ4v) is 2.70. The van der Waals surface area contributed by atoms with E-state index in [0.29, 0.717) is 6.61 Å². The number of methoxy groups -OCH3 is 1. The Morgan fingerprint density at radius 3 is 2.83 bits per heavy atom. The van der Waals surface area contributed by atoms with Crippen molar-refractivity contribution in [1.82, 2.24) is 19.7 Å². The molecule has 0 bridgehead atoms. The highest BCUT2D eigenvalue weighted by Gasteiger charge is 2.13. The van der Waals surface area contributed by atoms with Gasteiger partial charge >= 0.3 is 0 Å². The highest BCUT2D eigenvalue weighted by atomic mass is 16.5. The van der Waals surface area contributed by atoms with Crippen LogP contribution in [0.4, 0.5) is 5.82 Å². The maximum Gasteiger partial charge on any atom is 0.168 e. The van der Waals surface area contributed by atoms with Crippen LogP contribution in [0.1, 0.15) is 18.1 Å². The molecule has 0 saturated heterocycles. The van der Waals surface area contributed by atoms with Crippen LogP contribution >= 0.6 is 0 Å². The lowest BCUT2D eigenvalue weighted by molar-refractivity contribution is 0.190. The zero-order chi connectivity index (χ0) is 16.4. The highest BCUT2D eigenvalue weighted by molar-refractivity contribution is 5.87. The number of aromatic nitrogens is 4. The van der Waals surface area contributed by atoms with E-state index in [9.17, 15) is 0 Å². The van der Waals surface area contributed by atoms with E-state index in [1.165, 1.54) is 5.56 Å². The van der Waals surface area contributed by atoms with Gasteiger partial charge in [-0.15, -0.1) is 0 Å². The molecule has 6 heteroatoms.